The van der Waals surface area contributed by atoms with Crippen molar-refractivity contribution < 1.29 is 4.79 Å². The molecule has 0 saturated carbocycles. The monoisotopic (exact) mass is 392 g/mol. The zero-order valence-corrected chi connectivity index (χ0v) is 17.6. The molecule has 2 aliphatic carbocycles. The van der Waals surface area contributed by atoms with Crippen LogP contribution < -0.4 is 0 Å². The maximum Gasteiger partial charge on any atom is 0.253 e. The Morgan fingerprint density at radius 2 is 1.53 bits per heavy atom. The molecule has 1 radical (unpaired) electrons. The van der Waals surface area contributed by atoms with E-state index in [0.29, 0.717) is 0 Å². The van der Waals surface area contributed by atoms with E-state index in [-0.39, 0.29) is 11.3 Å². The number of benzene rings is 3. The lowest BCUT2D eigenvalue weighted by molar-refractivity contribution is 0.0827. The van der Waals surface area contributed by atoms with Crippen LogP contribution in [0, 0.1) is 11.8 Å². The molecular weight excluding hydrogens is 366 g/mol. The quantitative estimate of drug-likeness (QED) is 0.585. The molecule has 0 heterocycles. The highest BCUT2D eigenvalue weighted by molar-refractivity contribution is 5.93. The molecule has 0 unspecified atom stereocenters. The van der Waals surface area contributed by atoms with Gasteiger partial charge in [-0.1, -0.05) is 72.3 Å². The first-order chi connectivity index (χ1) is 14.5. The van der Waals surface area contributed by atoms with Gasteiger partial charge in [-0.25, -0.2) is 0 Å². The molecular formula is C28H26NO. The van der Waals surface area contributed by atoms with Crippen LogP contribution in [-0.4, -0.2) is 24.9 Å². The summed E-state index contributed by atoms with van der Waals surface area (Å²) < 4.78 is 0. The SMILES string of the molecule is CN(C)C(=O)c1ccc(C[C@]2(C3=Cc4ccccc4C3)[CH]c3ccccc3C2)cc1. The molecule has 30 heavy (non-hydrogen) atoms. The van der Waals surface area contributed by atoms with Crippen LogP contribution >= 0.6 is 0 Å². The number of hydrogen-bond acceptors (Lipinski definition) is 1. The Morgan fingerprint density at radius 1 is 0.867 bits per heavy atom. The second-order valence-corrected chi connectivity index (χ2v) is 8.79. The lowest BCUT2D eigenvalue weighted by atomic mass is 9.72. The van der Waals surface area contributed by atoms with Crippen LogP contribution in [0.15, 0.2) is 78.4 Å². The highest BCUT2D eigenvalue weighted by atomic mass is 16.2. The third kappa shape index (κ3) is 3.27. The normalized spacial score (nSPS) is 16.0. The van der Waals surface area contributed by atoms with Gasteiger partial charge in [0.25, 0.3) is 5.91 Å². The average Bonchev–Trinajstić information content (AvgIpc) is 3.35. The molecule has 2 aliphatic rings. The van der Waals surface area contributed by atoms with Crippen LogP contribution in [-0.2, 0) is 19.3 Å². The van der Waals surface area contributed by atoms with Crippen LogP contribution in [0.4, 0.5) is 0 Å². The molecule has 0 bridgehead atoms. The number of nitrogens with zero attached hydrogens (tertiary/aromatic N) is 1. The second-order valence-electron chi connectivity index (χ2n) is 8.79. The second kappa shape index (κ2) is 7.28. The third-order valence-corrected chi connectivity index (χ3v) is 6.52. The highest BCUT2D eigenvalue weighted by Gasteiger charge is 2.41. The van der Waals surface area contributed by atoms with Crippen molar-refractivity contribution in [3.8, 4) is 0 Å². The predicted molar refractivity (Wildman–Crippen MR) is 122 cm³/mol. The standard InChI is InChI=1S/C28H26NO/c1-29(2)27(30)21-13-11-20(12-14-21)17-28(18-24-9-5-6-10-25(24)19-28)26-15-22-7-3-4-8-23(22)16-26/h3-15,18H,16-17,19H2,1-2H3/t28-/m0/s1. The maximum atomic E-state index is 12.3. The van der Waals surface area contributed by atoms with Gasteiger partial charge in [0.1, 0.15) is 0 Å². The molecule has 3 aromatic carbocycles. The molecule has 1 atom stereocenters. The number of carbonyl (C=O) groups excluding carboxylic acids is 1. The van der Waals surface area contributed by atoms with E-state index in [2.05, 4.69) is 73.2 Å². The average molecular weight is 393 g/mol. The van der Waals surface area contributed by atoms with E-state index in [9.17, 15) is 4.79 Å². The summed E-state index contributed by atoms with van der Waals surface area (Å²) in [6, 6.07) is 25.7. The molecule has 149 valence electrons. The van der Waals surface area contributed by atoms with E-state index in [1.807, 2.05) is 12.1 Å². The number of hydrogen-bond donors (Lipinski definition) is 0. The fourth-order valence-corrected chi connectivity index (χ4v) is 4.95. The number of rotatable bonds is 4. The lowest BCUT2D eigenvalue weighted by Crippen LogP contribution is -2.26. The molecule has 3 aromatic rings. The van der Waals surface area contributed by atoms with Gasteiger partial charge in [0, 0.05) is 31.5 Å². The molecule has 0 fully saturated rings. The van der Waals surface area contributed by atoms with Crippen LogP contribution in [0.2, 0.25) is 0 Å². The molecule has 0 aromatic heterocycles. The van der Waals surface area contributed by atoms with Gasteiger partial charge in [-0.3, -0.25) is 4.79 Å². The fraction of sp³-hybridized carbons (Fsp3) is 0.214. The molecule has 1 amide bonds. The number of allylic oxidation sites excluding steroid dienone is 1. The van der Waals surface area contributed by atoms with Crippen molar-refractivity contribution >= 4 is 12.0 Å². The zero-order valence-electron chi connectivity index (χ0n) is 17.6. The van der Waals surface area contributed by atoms with Gasteiger partial charge in [0.05, 0.1) is 0 Å². The summed E-state index contributed by atoms with van der Waals surface area (Å²) in [6.45, 7) is 0. The van der Waals surface area contributed by atoms with E-state index in [0.717, 1.165) is 24.8 Å². The molecule has 0 aliphatic heterocycles. The van der Waals surface area contributed by atoms with E-state index in [1.54, 1.807) is 19.0 Å². The minimum absolute atomic E-state index is 0.0181. The van der Waals surface area contributed by atoms with Gasteiger partial charge in [0.2, 0.25) is 0 Å². The minimum Gasteiger partial charge on any atom is -0.345 e. The van der Waals surface area contributed by atoms with Crippen molar-refractivity contribution in [2.24, 2.45) is 5.41 Å². The largest absolute Gasteiger partial charge is 0.345 e. The Hall–Kier alpha value is -3.13. The zero-order chi connectivity index (χ0) is 20.7. The predicted octanol–water partition coefficient (Wildman–Crippen LogP) is 5.37. The molecule has 2 heteroatoms. The smallest absolute Gasteiger partial charge is 0.253 e. The van der Waals surface area contributed by atoms with Crippen molar-refractivity contribution in [2.75, 3.05) is 14.1 Å². The Balaban J connectivity index is 1.49. The Kier molecular flexibility index (Phi) is 4.58. The van der Waals surface area contributed by atoms with E-state index < -0.39 is 0 Å². The van der Waals surface area contributed by atoms with Gasteiger partial charge in [-0.05, 0) is 59.2 Å². The Morgan fingerprint density at radius 3 is 2.20 bits per heavy atom. The fourth-order valence-electron chi connectivity index (χ4n) is 4.95. The summed E-state index contributed by atoms with van der Waals surface area (Å²) in [7, 11) is 3.58. The maximum absolute atomic E-state index is 12.3. The Bertz CT molecular complexity index is 1110. The van der Waals surface area contributed by atoms with E-state index >= 15 is 0 Å². The summed E-state index contributed by atoms with van der Waals surface area (Å²) in [4.78, 5) is 13.9. The Labute approximate surface area is 178 Å². The molecule has 0 N–H and O–H groups in total. The van der Waals surface area contributed by atoms with Crippen molar-refractivity contribution in [1.29, 1.82) is 0 Å². The number of carbonyl (C=O) groups is 1. The third-order valence-electron chi connectivity index (χ3n) is 6.52. The van der Waals surface area contributed by atoms with Crippen LogP contribution in [0.5, 0.6) is 0 Å². The molecule has 5 rings (SSSR count). The molecule has 0 spiro atoms. The van der Waals surface area contributed by atoms with Gasteiger partial charge in [0.15, 0.2) is 0 Å². The first kappa shape index (κ1) is 18.9. The summed E-state index contributed by atoms with van der Waals surface area (Å²) in [6.07, 6.45) is 7.87. The van der Waals surface area contributed by atoms with Crippen LogP contribution in [0.3, 0.4) is 0 Å². The summed E-state index contributed by atoms with van der Waals surface area (Å²) in [5.74, 6) is 0.0463. The van der Waals surface area contributed by atoms with Crippen molar-refractivity contribution in [2.45, 2.75) is 19.3 Å². The highest BCUT2D eigenvalue weighted by Crippen LogP contribution is 2.50. The molecule has 0 saturated heterocycles. The first-order valence-corrected chi connectivity index (χ1v) is 10.6. The van der Waals surface area contributed by atoms with Crippen LogP contribution in [0.25, 0.3) is 6.08 Å². The summed E-state index contributed by atoms with van der Waals surface area (Å²) in [5.41, 5.74) is 9.04. The number of fused-ring (bicyclic) bond motifs is 2. The number of amides is 1. The van der Waals surface area contributed by atoms with Crippen molar-refractivity contribution in [3.63, 3.8) is 0 Å². The lowest BCUT2D eigenvalue weighted by Gasteiger charge is -2.31. The van der Waals surface area contributed by atoms with Gasteiger partial charge in [-0.15, -0.1) is 0 Å². The van der Waals surface area contributed by atoms with Crippen molar-refractivity contribution in [3.05, 3.63) is 118 Å². The summed E-state index contributed by atoms with van der Waals surface area (Å²) >= 11 is 0. The van der Waals surface area contributed by atoms with Gasteiger partial charge in [-0.2, -0.15) is 0 Å². The van der Waals surface area contributed by atoms with Gasteiger partial charge >= 0.3 is 0 Å². The topological polar surface area (TPSA) is 20.3 Å². The van der Waals surface area contributed by atoms with Crippen molar-refractivity contribution in [1.82, 2.24) is 4.90 Å². The van der Waals surface area contributed by atoms with Gasteiger partial charge < -0.3 is 4.90 Å². The van der Waals surface area contributed by atoms with E-state index in [1.165, 1.54) is 33.4 Å². The minimum atomic E-state index is -0.0181. The molecule has 2 nitrogen and oxygen atoms in total. The first-order valence-electron chi connectivity index (χ1n) is 10.6. The van der Waals surface area contributed by atoms with E-state index in [4.69, 9.17) is 0 Å². The summed E-state index contributed by atoms with van der Waals surface area (Å²) in [5, 5.41) is 0. The van der Waals surface area contributed by atoms with Crippen LogP contribution in [0.1, 0.15) is 38.2 Å².